The predicted octanol–water partition coefficient (Wildman–Crippen LogP) is 4.17. The molecule has 108 valence electrons. The molecule has 0 aliphatic carbocycles. The Hall–Kier alpha value is -1.62. The highest BCUT2D eigenvalue weighted by molar-refractivity contribution is 5.82. The number of aromatic nitrogens is 1. The molecule has 20 heavy (non-hydrogen) atoms. The van der Waals surface area contributed by atoms with E-state index in [1.165, 1.54) is 0 Å². The fraction of sp³-hybridized carbons (Fsp3) is 0.400. The number of halogens is 3. The Bertz CT molecular complexity index is 588. The number of aliphatic hydroxyl groups is 1. The lowest BCUT2D eigenvalue weighted by Gasteiger charge is -2.25. The number of rotatable bonds is 4. The fourth-order valence-electron chi connectivity index (χ4n) is 2.34. The van der Waals surface area contributed by atoms with Crippen LogP contribution in [0.5, 0.6) is 0 Å². The van der Waals surface area contributed by atoms with Crippen LogP contribution in [0.4, 0.5) is 13.2 Å². The largest absolute Gasteiger partial charge is 0.389 e. The number of pyridine rings is 1. The van der Waals surface area contributed by atoms with E-state index in [0.29, 0.717) is 5.56 Å². The summed E-state index contributed by atoms with van der Waals surface area (Å²) < 4.78 is 36.6. The summed E-state index contributed by atoms with van der Waals surface area (Å²) in [6.45, 7) is 1.55. The maximum atomic E-state index is 12.2. The number of hydrogen-bond acceptors (Lipinski definition) is 2. The number of alkyl halides is 3. The van der Waals surface area contributed by atoms with Crippen LogP contribution < -0.4 is 0 Å². The van der Waals surface area contributed by atoms with Crippen molar-refractivity contribution in [2.45, 2.75) is 38.0 Å². The van der Waals surface area contributed by atoms with E-state index in [0.717, 1.165) is 10.9 Å². The molecule has 0 amide bonds. The second kappa shape index (κ2) is 5.40. The monoisotopic (exact) mass is 283 g/mol. The van der Waals surface area contributed by atoms with Crippen LogP contribution in [0.1, 0.15) is 31.7 Å². The second-order valence-corrected chi connectivity index (χ2v) is 5.12. The van der Waals surface area contributed by atoms with Gasteiger partial charge < -0.3 is 5.11 Å². The van der Waals surface area contributed by atoms with Gasteiger partial charge in [0.2, 0.25) is 0 Å². The molecule has 0 saturated carbocycles. The average molecular weight is 283 g/mol. The Morgan fingerprint density at radius 2 is 1.85 bits per heavy atom. The smallest absolute Gasteiger partial charge is 0.385 e. The summed E-state index contributed by atoms with van der Waals surface area (Å²) in [6.07, 6.45) is -3.47. The van der Waals surface area contributed by atoms with Gasteiger partial charge in [0.05, 0.1) is 11.1 Å². The molecule has 5 heteroatoms. The lowest BCUT2D eigenvalue weighted by atomic mass is 9.88. The summed E-state index contributed by atoms with van der Waals surface area (Å²) in [5.74, 6) is 0. The van der Waals surface area contributed by atoms with Crippen molar-refractivity contribution in [2.24, 2.45) is 0 Å². The van der Waals surface area contributed by atoms with Gasteiger partial charge in [-0.2, -0.15) is 13.2 Å². The van der Waals surface area contributed by atoms with Gasteiger partial charge in [0.15, 0.2) is 0 Å². The van der Waals surface area contributed by atoms with E-state index < -0.39 is 18.2 Å². The van der Waals surface area contributed by atoms with E-state index in [-0.39, 0.29) is 12.8 Å². The Balaban J connectivity index is 2.23. The molecule has 1 heterocycles. The summed E-state index contributed by atoms with van der Waals surface area (Å²) in [5, 5.41) is 11.3. The fourth-order valence-corrected chi connectivity index (χ4v) is 2.34. The molecule has 0 saturated heterocycles. The van der Waals surface area contributed by atoms with Gasteiger partial charge in [0, 0.05) is 18.0 Å². The minimum atomic E-state index is -4.18. The third-order valence-corrected chi connectivity index (χ3v) is 3.35. The Kier molecular flexibility index (Phi) is 3.99. The van der Waals surface area contributed by atoms with Crippen LogP contribution in [0.3, 0.4) is 0 Å². The van der Waals surface area contributed by atoms with Gasteiger partial charge in [0.25, 0.3) is 0 Å². The van der Waals surface area contributed by atoms with Crippen molar-refractivity contribution in [2.75, 3.05) is 0 Å². The highest BCUT2D eigenvalue weighted by Crippen LogP contribution is 2.33. The van der Waals surface area contributed by atoms with Crippen LogP contribution in [0.2, 0.25) is 0 Å². The van der Waals surface area contributed by atoms with Gasteiger partial charge in [0.1, 0.15) is 0 Å². The summed E-state index contributed by atoms with van der Waals surface area (Å²) in [4.78, 5) is 4.18. The second-order valence-electron chi connectivity index (χ2n) is 5.12. The molecule has 1 aromatic heterocycles. The first-order valence-corrected chi connectivity index (χ1v) is 6.43. The Morgan fingerprint density at radius 3 is 2.55 bits per heavy atom. The van der Waals surface area contributed by atoms with Crippen molar-refractivity contribution in [1.82, 2.24) is 4.98 Å². The molecule has 2 rings (SSSR count). The molecule has 1 unspecified atom stereocenters. The lowest BCUT2D eigenvalue weighted by Crippen LogP contribution is -2.22. The molecular formula is C15H16F3NO. The Labute approximate surface area is 115 Å². The third kappa shape index (κ3) is 3.48. The molecular weight excluding hydrogens is 267 g/mol. The molecule has 1 atom stereocenters. The van der Waals surface area contributed by atoms with Gasteiger partial charge in [-0.1, -0.05) is 18.2 Å². The van der Waals surface area contributed by atoms with E-state index in [2.05, 4.69) is 4.98 Å². The van der Waals surface area contributed by atoms with Crippen LogP contribution >= 0.6 is 0 Å². The number of fused-ring (bicyclic) bond motifs is 1. The Morgan fingerprint density at radius 1 is 1.10 bits per heavy atom. The zero-order valence-electron chi connectivity index (χ0n) is 11.1. The van der Waals surface area contributed by atoms with Gasteiger partial charge in [-0.3, -0.25) is 4.98 Å². The van der Waals surface area contributed by atoms with Crippen molar-refractivity contribution in [3.63, 3.8) is 0 Å². The first-order chi connectivity index (χ1) is 9.30. The van der Waals surface area contributed by atoms with Crippen molar-refractivity contribution in [1.29, 1.82) is 0 Å². The van der Waals surface area contributed by atoms with E-state index >= 15 is 0 Å². The number of nitrogens with zero attached hydrogens (tertiary/aromatic N) is 1. The quantitative estimate of drug-likeness (QED) is 0.913. The molecule has 1 N–H and O–H groups in total. The summed E-state index contributed by atoms with van der Waals surface area (Å²) in [7, 11) is 0. The minimum Gasteiger partial charge on any atom is -0.385 e. The highest BCUT2D eigenvalue weighted by atomic mass is 19.4. The molecule has 1 aromatic carbocycles. The van der Waals surface area contributed by atoms with Crippen molar-refractivity contribution in [3.8, 4) is 0 Å². The maximum absolute atomic E-state index is 12.2. The number of hydrogen-bond donors (Lipinski definition) is 1. The third-order valence-electron chi connectivity index (χ3n) is 3.35. The topological polar surface area (TPSA) is 33.1 Å². The van der Waals surface area contributed by atoms with E-state index in [4.69, 9.17) is 0 Å². The van der Waals surface area contributed by atoms with E-state index in [1.54, 1.807) is 31.3 Å². The van der Waals surface area contributed by atoms with Gasteiger partial charge in [-0.05, 0) is 37.5 Å². The molecule has 0 aliphatic rings. The van der Waals surface area contributed by atoms with Gasteiger partial charge in [-0.25, -0.2) is 0 Å². The summed E-state index contributed by atoms with van der Waals surface area (Å²) >= 11 is 0. The zero-order chi connectivity index (χ0) is 14.8. The first kappa shape index (κ1) is 14.8. The molecule has 0 fully saturated rings. The van der Waals surface area contributed by atoms with Crippen LogP contribution in [-0.2, 0) is 5.60 Å². The van der Waals surface area contributed by atoms with Crippen LogP contribution in [0.15, 0.2) is 36.5 Å². The lowest BCUT2D eigenvalue weighted by molar-refractivity contribution is -0.137. The number of benzene rings is 1. The predicted molar refractivity (Wildman–Crippen MR) is 71.2 cm³/mol. The van der Waals surface area contributed by atoms with E-state index in [1.807, 2.05) is 12.1 Å². The first-order valence-electron chi connectivity index (χ1n) is 6.43. The molecule has 0 bridgehead atoms. The van der Waals surface area contributed by atoms with Crippen molar-refractivity contribution in [3.05, 3.63) is 42.1 Å². The summed E-state index contributed by atoms with van der Waals surface area (Å²) in [5.41, 5.74) is 0.0414. The summed E-state index contributed by atoms with van der Waals surface area (Å²) in [6, 6.07) is 8.86. The van der Waals surface area contributed by atoms with Crippen LogP contribution in [-0.4, -0.2) is 16.3 Å². The van der Waals surface area contributed by atoms with Gasteiger partial charge in [-0.15, -0.1) is 0 Å². The molecule has 0 spiro atoms. The average Bonchev–Trinajstić information content (AvgIpc) is 2.36. The standard InChI is InChI=1S/C15H16F3NO/c1-14(20,8-4-9-15(16,17)18)12-6-2-7-13-11(12)5-3-10-19-13/h2-3,5-7,10,20H,4,8-9H2,1H3. The zero-order valence-corrected chi connectivity index (χ0v) is 11.1. The molecule has 2 aromatic rings. The van der Waals surface area contributed by atoms with Crippen LogP contribution in [0.25, 0.3) is 10.9 Å². The maximum Gasteiger partial charge on any atom is 0.389 e. The van der Waals surface area contributed by atoms with Crippen molar-refractivity contribution < 1.29 is 18.3 Å². The van der Waals surface area contributed by atoms with E-state index in [9.17, 15) is 18.3 Å². The van der Waals surface area contributed by atoms with Crippen molar-refractivity contribution >= 4 is 10.9 Å². The molecule has 0 aliphatic heterocycles. The normalized spacial score (nSPS) is 15.2. The SMILES string of the molecule is CC(O)(CCCC(F)(F)F)c1cccc2ncccc12. The minimum absolute atomic E-state index is 0.0561. The van der Waals surface area contributed by atoms with Crippen LogP contribution in [0, 0.1) is 0 Å². The van der Waals surface area contributed by atoms with Gasteiger partial charge >= 0.3 is 6.18 Å². The molecule has 0 radical (unpaired) electrons. The highest BCUT2D eigenvalue weighted by Gasteiger charge is 2.30. The molecule has 2 nitrogen and oxygen atoms in total.